The molecule has 0 atom stereocenters. The lowest BCUT2D eigenvalue weighted by atomic mass is 10.0. The molecule has 0 radical (unpaired) electrons. The molecule has 2 heteroatoms. The average Bonchev–Trinajstić information content (AvgIpc) is 2.56. The van der Waals surface area contributed by atoms with Gasteiger partial charge in [-0.1, -0.05) is 105 Å². The zero-order valence-electron chi connectivity index (χ0n) is 17.8. The molecule has 0 aliphatic rings. The fraction of sp³-hybridized carbons (Fsp3) is 0.957. The van der Waals surface area contributed by atoms with Gasteiger partial charge in [0.15, 0.2) is 0 Å². The highest BCUT2D eigenvalue weighted by Gasteiger charge is 2.04. The third-order valence-corrected chi connectivity index (χ3v) is 4.86. The number of unbranched alkanes of at least 4 members (excludes halogenated alkanes) is 11. The molecule has 150 valence electrons. The van der Waals surface area contributed by atoms with Crippen LogP contribution in [0, 0.1) is 11.8 Å². The first-order chi connectivity index (χ1) is 12.0. The van der Waals surface area contributed by atoms with E-state index in [9.17, 15) is 4.79 Å². The summed E-state index contributed by atoms with van der Waals surface area (Å²) in [6, 6.07) is 0. The number of ether oxygens (including phenoxy) is 1. The van der Waals surface area contributed by atoms with Gasteiger partial charge in [0.2, 0.25) is 0 Å². The molecule has 0 aromatic carbocycles. The van der Waals surface area contributed by atoms with Crippen molar-refractivity contribution >= 4 is 5.97 Å². The number of carbonyl (C=O) groups excluding carboxylic acids is 1. The molecule has 0 bridgehead atoms. The van der Waals surface area contributed by atoms with Gasteiger partial charge in [-0.2, -0.15) is 0 Å². The molecule has 0 amide bonds. The second-order valence-corrected chi connectivity index (χ2v) is 8.58. The molecule has 0 N–H and O–H groups in total. The first-order valence-electron chi connectivity index (χ1n) is 11.2. The zero-order valence-corrected chi connectivity index (χ0v) is 17.8. The SMILES string of the molecule is CC(C)CCCCCCCCCCCCCCOC(=O)CCC(C)C. The van der Waals surface area contributed by atoms with Crippen molar-refractivity contribution in [3.63, 3.8) is 0 Å². The van der Waals surface area contributed by atoms with Gasteiger partial charge >= 0.3 is 5.97 Å². The minimum atomic E-state index is -0.0158. The molecular weight excluding hydrogens is 308 g/mol. The van der Waals surface area contributed by atoms with Crippen LogP contribution in [0.25, 0.3) is 0 Å². The van der Waals surface area contributed by atoms with Crippen LogP contribution in [-0.4, -0.2) is 12.6 Å². The zero-order chi connectivity index (χ0) is 18.8. The van der Waals surface area contributed by atoms with E-state index in [1.165, 1.54) is 77.0 Å². The predicted molar refractivity (Wildman–Crippen MR) is 110 cm³/mol. The van der Waals surface area contributed by atoms with Crippen molar-refractivity contribution in [2.45, 2.75) is 124 Å². The van der Waals surface area contributed by atoms with Crippen LogP contribution in [-0.2, 0) is 9.53 Å². The molecule has 0 aliphatic carbocycles. The Kier molecular flexibility index (Phi) is 17.9. The lowest BCUT2D eigenvalue weighted by molar-refractivity contribution is -0.144. The van der Waals surface area contributed by atoms with E-state index < -0.39 is 0 Å². The molecule has 2 nitrogen and oxygen atoms in total. The minimum absolute atomic E-state index is 0.0158. The van der Waals surface area contributed by atoms with E-state index in [4.69, 9.17) is 4.74 Å². The summed E-state index contributed by atoms with van der Waals surface area (Å²) in [4.78, 5) is 11.5. The van der Waals surface area contributed by atoms with E-state index in [-0.39, 0.29) is 5.97 Å². The van der Waals surface area contributed by atoms with Gasteiger partial charge < -0.3 is 4.74 Å². The second-order valence-electron chi connectivity index (χ2n) is 8.58. The monoisotopic (exact) mass is 354 g/mol. The maximum atomic E-state index is 11.5. The molecule has 0 rings (SSSR count). The number of hydrogen-bond donors (Lipinski definition) is 0. The van der Waals surface area contributed by atoms with Crippen LogP contribution in [0.4, 0.5) is 0 Å². The molecule has 0 saturated heterocycles. The normalized spacial score (nSPS) is 11.4. The van der Waals surface area contributed by atoms with Gasteiger partial charge in [0.25, 0.3) is 0 Å². The van der Waals surface area contributed by atoms with Crippen LogP contribution in [0.2, 0.25) is 0 Å². The van der Waals surface area contributed by atoms with Crippen LogP contribution in [0.1, 0.15) is 124 Å². The van der Waals surface area contributed by atoms with Crippen molar-refractivity contribution in [2.24, 2.45) is 11.8 Å². The summed E-state index contributed by atoms with van der Waals surface area (Å²) in [7, 11) is 0. The molecule has 25 heavy (non-hydrogen) atoms. The molecule has 0 aromatic heterocycles. The Bertz CT molecular complexity index is 284. The van der Waals surface area contributed by atoms with E-state index >= 15 is 0 Å². The fourth-order valence-electron chi connectivity index (χ4n) is 3.09. The topological polar surface area (TPSA) is 26.3 Å². The number of rotatable bonds is 18. The Hall–Kier alpha value is -0.530. The Morgan fingerprint density at radius 2 is 1.00 bits per heavy atom. The third-order valence-electron chi connectivity index (χ3n) is 4.86. The standard InChI is InChI=1S/C23H46O2/c1-21(2)17-15-13-11-9-7-5-6-8-10-12-14-16-20-25-23(24)19-18-22(3)4/h21-22H,5-20H2,1-4H3. The van der Waals surface area contributed by atoms with Crippen molar-refractivity contribution in [3.8, 4) is 0 Å². The molecule has 0 spiro atoms. The van der Waals surface area contributed by atoms with E-state index in [1.807, 2.05) is 0 Å². The summed E-state index contributed by atoms with van der Waals surface area (Å²) >= 11 is 0. The lowest BCUT2D eigenvalue weighted by Gasteiger charge is -2.06. The quantitative estimate of drug-likeness (QED) is 0.186. The Balaban J connectivity index is 3.10. The summed E-state index contributed by atoms with van der Waals surface area (Å²) in [6.07, 6.45) is 19.1. The van der Waals surface area contributed by atoms with Crippen molar-refractivity contribution in [1.29, 1.82) is 0 Å². The van der Waals surface area contributed by atoms with E-state index in [1.54, 1.807) is 0 Å². The van der Waals surface area contributed by atoms with Crippen molar-refractivity contribution in [3.05, 3.63) is 0 Å². The molecular formula is C23H46O2. The van der Waals surface area contributed by atoms with E-state index in [2.05, 4.69) is 27.7 Å². The smallest absolute Gasteiger partial charge is 0.305 e. The van der Waals surface area contributed by atoms with Crippen LogP contribution >= 0.6 is 0 Å². The van der Waals surface area contributed by atoms with Crippen LogP contribution in [0.3, 0.4) is 0 Å². The van der Waals surface area contributed by atoms with Crippen molar-refractivity contribution < 1.29 is 9.53 Å². The summed E-state index contributed by atoms with van der Waals surface area (Å²) in [5.41, 5.74) is 0. The third kappa shape index (κ3) is 21.4. The molecule has 0 aliphatic heterocycles. The van der Waals surface area contributed by atoms with Crippen molar-refractivity contribution in [1.82, 2.24) is 0 Å². The predicted octanol–water partition coefficient (Wildman–Crippen LogP) is 7.69. The molecule has 0 aromatic rings. The largest absolute Gasteiger partial charge is 0.466 e. The van der Waals surface area contributed by atoms with Gasteiger partial charge in [-0.05, 0) is 24.7 Å². The van der Waals surface area contributed by atoms with E-state index in [0.717, 1.165) is 18.8 Å². The number of esters is 1. The summed E-state index contributed by atoms with van der Waals surface area (Å²) in [5, 5.41) is 0. The van der Waals surface area contributed by atoms with Crippen molar-refractivity contribution in [2.75, 3.05) is 6.61 Å². The van der Waals surface area contributed by atoms with Gasteiger partial charge in [0.05, 0.1) is 6.61 Å². The van der Waals surface area contributed by atoms with Gasteiger partial charge in [-0.15, -0.1) is 0 Å². The Morgan fingerprint density at radius 3 is 1.44 bits per heavy atom. The van der Waals surface area contributed by atoms with Gasteiger partial charge in [0, 0.05) is 6.42 Å². The Labute approximate surface area is 158 Å². The van der Waals surface area contributed by atoms with Gasteiger partial charge in [-0.3, -0.25) is 4.79 Å². The summed E-state index contributed by atoms with van der Waals surface area (Å²) in [6.45, 7) is 9.54. The highest BCUT2D eigenvalue weighted by Crippen LogP contribution is 2.14. The maximum Gasteiger partial charge on any atom is 0.305 e. The van der Waals surface area contributed by atoms with E-state index in [0.29, 0.717) is 18.9 Å². The first kappa shape index (κ1) is 24.5. The minimum Gasteiger partial charge on any atom is -0.466 e. The highest BCUT2D eigenvalue weighted by molar-refractivity contribution is 5.69. The Morgan fingerprint density at radius 1 is 0.600 bits per heavy atom. The van der Waals surface area contributed by atoms with Crippen LogP contribution in [0.15, 0.2) is 0 Å². The second kappa shape index (κ2) is 18.3. The van der Waals surface area contributed by atoms with Gasteiger partial charge in [-0.25, -0.2) is 0 Å². The fourth-order valence-corrected chi connectivity index (χ4v) is 3.09. The lowest BCUT2D eigenvalue weighted by Crippen LogP contribution is -2.06. The molecule has 0 unspecified atom stereocenters. The average molecular weight is 355 g/mol. The summed E-state index contributed by atoms with van der Waals surface area (Å²) in [5.74, 6) is 1.44. The molecule has 0 fully saturated rings. The highest BCUT2D eigenvalue weighted by atomic mass is 16.5. The number of carbonyl (C=O) groups is 1. The van der Waals surface area contributed by atoms with Crippen LogP contribution < -0.4 is 0 Å². The maximum absolute atomic E-state index is 11.5. The van der Waals surface area contributed by atoms with Gasteiger partial charge in [0.1, 0.15) is 0 Å². The van der Waals surface area contributed by atoms with Crippen LogP contribution in [0.5, 0.6) is 0 Å². The molecule has 0 heterocycles. The summed E-state index contributed by atoms with van der Waals surface area (Å²) < 4.78 is 5.27. The first-order valence-corrected chi connectivity index (χ1v) is 11.2. The molecule has 0 saturated carbocycles. The number of hydrogen-bond acceptors (Lipinski definition) is 2.